The maximum atomic E-state index is 12.6. The highest BCUT2D eigenvalue weighted by Crippen LogP contribution is 2.47. The van der Waals surface area contributed by atoms with E-state index in [-0.39, 0.29) is 18.1 Å². The Morgan fingerprint density at radius 2 is 2.19 bits per heavy atom. The molecular weight excluding hydrogens is 340 g/mol. The predicted octanol–water partition coefficient (Wildman–Crippen LogP) is 2.96. The van der Waals surface area contributed by atoms with Crippen LogP contribution in [0.2, 0.25) is 0 Å². The van der Waals surface area contributed by atoms with Gasteiger partial charge in [-0.15, -0.1) is 0 Å². The molecule has 0 bridgehead atoms. The first-order chi connectivity index (χ1) is 13.2. The van der Waals surface area contributed by atoms with Crippen molar-refractivity contribution in [3.8, 4) is 5.82 Å². The van der Waals surface area contributed by atoms with Gasteiger partial charge in [-0.2, -0.15) is 0 Å². The Kier molecular flexibility index (Phi) is 4.91. The highest BCUT2D eigenvalue weighted by Gasteiger charge is 2.50. The maximum Gasteiger partial charge on any atom is 0.248 e. The number of likely N-dealkylation sites (tertiary alicyclic amines) is 1. The van der Waals surface area contributed by atoms with Crippen LogP contribution in [0.15, 0.2) is 36.7 Å². The van der Waals surface area contributed by atoms with Gasteiger partial charge in [0, 0.05) is 38.6 Å². The quantitative estimate of drug-likeness (QED) is 0.787. The van der Waals surface area contributed by atoms with Crippen LogP contribution in [0.3, 0.4) is 0 Å². The molecule has 144 valence electrons. The fraction of sp³-hybridized carbons (Fsp3) is 0.524. The van der Waals surface area contributed by atoms with Gasteiger partial charge in [0.15, 0.2) is 5.82 Å². The van der Waals surface area contributed by atoms with Crippen molar-refractivity contribution >= 4 is 11.6 Å². The summed E-state index contributed by atoms with van der Waals surface area (Å²) in [4.78, 5) is 21.7. The van der Waals surface area contributed by atoms with E-state index in [9.17, 15) is 4.79 Å². The summed E-state index contributed by atoms with van der Waals surface area (Å²) in [6, 6.07) is 8.44. The lowest BCUT2D eigenvalue weighted by Gasteiger charge is -2.47. The zero-order valence-corrected chi connectivity index (χ0v) is 16.2. The minimum atomic E-state index is -0.198. The summed E-state index contributed by atoms with van der Waals surface area (Å²) in [6.07, 6.45) is 7.11. The van der Waals surface area contributed by atoms with E-state index in [1.54, 1.807) is 0 Å². The summed E-state index contributed by atoms with van der Waals surface area (Å²) in [5.41, 5.74) is 2.20. The van der Waals surface area contributed by atoms with E-state index in [0.717, 1.165) is 43.9 Å². The Labute approximate surface area is 160 Å². The summed E-state index contributed by atoms with van der Waals surface area (Å²) < 4.78 is 7.57. The molecular formula is C21H28N4O2. The van der Waals surface area contributed by atoms with Crippen LogP contribution in [0.5, 0.6) is 0 Å². The molecule has 2 aliphatic rings. The van der Waals surface area contributed by atoms with E-state index < -0.39 is 0 Å². The van der Waals surface area contributed by atoms with Crippen molar-refractivity contribution in [1.82, 2.24) is 14.5 Å². The van der Waals surface area contributed by atoms with Crippen LogP contribution in [0, 0.1) is 0 Å². The van der Waals surface area contributed by atoms with Crippen molar-refractivity contribution in [2.24, 2.45) is 0 Å². The van der Waals surface area contributed by atoms with Crippen LogP contribution in [0.25, 0.3) is 5.82 Å². The van der Waals surface area contributed by atoms with Crippen LogP contribution in [0.1, 0.15) is 38.8 Å². The Morgan fingerprint density at radius 1 is 1.30 bits per heavy atom. The van der Waals surface area contributed by atoms with Gasteiger partial charge in [-0.1, -0.05) is 13.3 Å². The summed E-state index contributed by atoms with van der Waals surface area (Å²) in [7, 11) is 0. The summed E-state index contributed by atoms with van der Waals surface area (Å²) in [5, 5.41) is 0. The molecule has 2 aromatic heterocycles. The molecule has 0 unspecified atom stereocenters. The molecule has 1 amide bonds. The second-order valence-corrected chi connectivity index (χ2v) is 7.35. The van der Waals surface area contributed by atoms with Gasteiger partial charge >= 0.3 is 0 Å². The summed E-state index contributed by atoms with van der Waals surface area (Å²) in [6.45, 7) is 7.29. The minimum Gasteiger partial charge on any atom is -0.372 e. The molecule has 0 aromatic carbocycles. The standard InChI is InChI=1S/C21H28N4O2/c1-3-5-13-25-17-8-6-11-22-20(17)24-12-7-9-18(24)21(25)10-14-23(16-21)19(26)15-27-4-2/h6-9,11-12H,3-5,10,13-16H2,1-2H3/t21-/m1/s1. The molecule has 27 heavy (non-hydrogen) atoms. The van der Waals surface area contributed by atoms with Gasteiger partial charge in [-0.3, -0.25) is 4.79 Å². The second-order valence-electron chi connectivity index (χ2n) is 7.35. The smallest absolute Gasteiger partial charge is 0.248 e. The predicted molar refractivity (Wildman–Crippen MR) is 105 cm³/mol. The van der Waals surface area contributed by atoms with E-state index in [1.165, 1.54) is 5.69 Å². The molecule has 2 aliphatic heterocycles. The molecule has 0 N–H and O–H groups in total. The van der Waals surface area contributed by atoms with Gasteiger partial charge in [-0.05, 0) is 44.0 Å². The number of nitrogens with zero attached hydrogens (tertiary/aromatic N) is 4. The normalized spacial score (nSPS) is 20.8. The first kappa shape index (κ1) is 18.0. The second kappa shape index (κ2) is 7.35. The van der Waals surface area contributed by atoms with Gasteiger partial charge < -0.3 is 19.1 Å². The molecule has 1 spiro atoms. The molecule has 6 nitrogen and oxygen atoms in total. The zero-order chi connectivity index (χ0) is 18.9. The molecule has 0 aliphatic carbocycles. The van der Waals surface area contributed by atoms with Crippen LogP contribution in [0.4, 0.5) is 5.69 Å². The zero-order valence-electron chi connectivity index (χ0n) is 16.2. The first-order valence-electron chi connectivity index (χ1n) is 9.97. The van der Waals surface area contributed by atoms with Gasteiger partial charge in [0.05, 0.1) is 11.4 Å². The number of unbranched alkanes of at least 4 members (excludes halogenated alkanes) is 1. The number of pyridine rings is 1. The van der Waals surface area contributed by atoms with Crippen molar-refractivity contribution in [3.63, 3.8) is 0 Å². The van der Waals surface area contributed by atoms with Crippen molar-refractivity contribution in [2.75, 3.05) is 37.7 Å². The number of fused-ring (bicyclic) bond motifs is 4. The van der Waals surface area contributed by atoms with Gasteiger partial charge in [0.1, 0.15) is 12.1 Å². The fourth-order valence-electron chi connectivity index (χ4n) is 4.47. The van der Waals surface area contributed by atoms with Gasteiger partial charge in [0.25, 0.3) is 0 Å². The molecule has 6 heteroatoms. The Hall–Kier alpha value is -2.34. The van der Waals surface area contributed by atoms with Crippen LogP contribution in [-0.2, 0) is 15.1 Å². The van der Waals surface area contributed by atoms with E-state index in [2.05, 4.69) is 45.8 Å². The molecule has 0 radical (unpaired) electrons. The monoisotopic (exact) mass is 368 g/mol. The topological polar surface area (TPSA) is 50.6 Å². The number of ether oxygens (including phenoxy) is 1. The maximum absolute atomic E-state index is 12.6. The fourth-order valence-corrected chi connectivity index (χ4v) is 4.47. The van der Waals surface area contributed by atoms with E-state index in [0.29, 0.717) is 13.2 Å². The number of hydrogen-bond acceptors (Lipinski definition) is 4. The summed E-state index contributed by atoms with van der Waals surface area (Å²) >= 11 is 0. The molecule has 2 aromatic rings. The third kappa shape index (κ3) is 2.92. The van der Waals surface area contributed by atoms with Crippen LogP contribution < -0.4 is 4.90 Å². The first-order valence-corrected chi connectivity index (χ1v) is 9.97. The molecule has 1 atom stereocenters. The Bertz CT molecular complexity index is 818. The minimum absolute atomic E-state index is 0.0826. The molecule has 0 saturated carbocycles. The van der Waals surface area contributed by atoms with Crippen molar-refractivity contribution in [2.45, 2.75) is 38.6 Å². The van der Waals surface area contributed by atoms with Crippen molar-refractivity contribution < 1.29 is 9.53 Å². The highest BCUT2D eigenvalue weighted by molar-refractivity contribution is 5.78. The van der Waals surface area contributed by atoms with Gasteiger partial charge in [0.2, 0.25) is 5.91 Å². The third-order valence-electron chi connectivity index (χ3n) is 5.79. The number of anilines is 1. The lowest BCUT2D eigenvalue weighted by Crippen LogP contribution is -2.53. The average molecular weight is 368 g/mol. The van der Waals surface area contributed by atoms with Crippen molar-refractivity contribution in [3.05, 3.63) is 42.4 Å². The van der Waals surface area contributed by atoms with E-state index in [1.807, 2.05) is 24.1 Å². The molecule has 1 saturated heterocycles. The lowest BCUT2D eigenvalue weighted by atomic mass is 9.88. The number of aromatic nitrogens is 2. The van der Waals surface area contributed by atoms with Crippen molar-refractivity contribution in [1.29, 1.82) is 0 Å². The molecule has 4 heterocycles. The number of rotatable bonds is 6. The summed E-state index contributed by atoms with van der Waals surface area (Å²) in [5.74, 6) is 1.07. The van der Waals surface area contributed by atoms with E-state index in [4.69, 9.17) is 4.74 Å². The van der Waals surface area contributed by atoms with Crippen LogP contribution >= 0.6 is 0 Å². The van der Waals surface area contributed by atoms with Gasteiger partial charge in [-0.25, -0.2) is 4.98 Å². The third-order valence-corrected chi connectivity index (χ3v) is 5.79. The average Bonchev–Trinajstić information content (AvgIpc) is 3.35. The Balaban J connectivity index is 1.73. The largest absolute Gasteiger partial charge is 0.372 e. The van der Waals surface area contributed by atoms with E-state index >= 15 is 0 Å². The lowest BCUT2D eigenvalue weighted by molar-refractivity contribution is -0.135. The number of carbonyl (C=O) groups excluding carboxylic acids is 1. The number of carbonyl (C=O) groups is 1. The highest BCUT2D eigenvalue weighted by atomic mass is 16.5. The number of hydrogen-bond donors (Lipinski definition) is 0. The Morgan fingerprint density at radius 3 is 3.00 bits per heavy atom. The number of amides is 1. The molecule has 4 rings (SSSR count). The SMILES string of the molecule is CCCCN1c2cccnc2-n2cccc2[C@]12CCN(C(=O)COCC)C2. The van der Waals surface area contributed by atoms with Crippen LogP contribution in [-0.4, -0.2) is 53.2 Å². The molecule has 1 fully saturated rings.